The number of rotatable bonds is 2. The molecule has 17 heavy (non-hydrogen) atoms. The van der Waals surface area contributed by atoms with E-state index in [1.165, 1.54) is 22.7 Å². The van der Waals surface area contributed by atoms with Crippen LogP contribution in [0.2, 0.25) is 0 Å². The van der Waals surface area contributed by atoms with Gasteiger partial charge in [-0.2, -0.15) is 0 Å². The average molecular weight is 268 g/mol. The first-order valence-electron chi connectivity index (χ1n) is 5.40. The van der Waals surface area contributed by atoms with Crippen LogP contribution < -0.4 is 11.5 Å². The van der Waals surface area contributed by atoms with Gasteiger partial charge in [-0.05, 0) is 19.3 Å². The van der Waals surface area contributed by atoms with Crippen LogP contribution >= 0.6 is 22.7 Å². The van der Waals surface area contributed by atoms with Crippen molar-refractivity contribution in [2.24, 2.45) is 0 Å². The molecule has 8 heteroatoms. The minimum absolute atomic E-state index is 0.458. The predicted octanol–water partition coefficient (Wildman–Crippen LogP) is 1.61. The zero-order valence-corrected chi connectivity index (χ0v) is 10.7. The van der Waals surface area contributed by atoms with Crippen LogP contribution in [-0.2, 0) is 0 Å². The van der Waals surface area contributed by atoms with Gasteiger partial charge in [0.05, 0.1) is 0 Å². The van der Waals surface area contributed by atoms with Gasteiger partial charge in [0.2, 0.25) is 10.3 Å². The Hall–Kier alpha value is -1.28. The van der Waals surface area contributed by atoms with Crippen molar-refractivity contribution < 1.29 is 0 Å². The lowest BCUT2D eigenvalue weighted by atomic mass is 10.1. The van der Waals surface area contributed by atoms with Gasteiger partial charge in [0.15, 0.2) is 0 Å². The van der Waals surface area contributed by atoms with E-state index >= 15 is 0 Å². The van der Waals surface area contributed by atoms with Gasteiger partial charge in [-0.25, -0.2) is 0 Å². The second-order valence-corrected chi connectivity index (χ2v) is 6.25. The fraction of sp³-hybridized carbons (Fsp3) is 0.556. The highest BCUT2D eigenvalue weighted by Crippen LogP contribution is 2.45. The summed E-state index contributed by atoms with van der Waals surface area (Å²) in [6.07, 6.45) is 3.26. The molecule has 6 nitrogen and oxygen atoms in total. The number of nitrogens with two attached hydrogens (primary N) is 2. The van der Waals surface area contributed by atoms with Crippen molar-refractivity contribution in [3.8, 4) is 0 Å². The second kappa shape index (κ2) is 4.19. The molecule has 0 aliphatic heterocycles. The molecule has 1 saturated carbocycles. The molecule has 2 aromatic rings. The van der Waals surface area contributed by atoms with Crippen molar-refractivity contribution in [1.82, 2.24) is 20.4 Å². The molecule has 0 aromatic carbocycles. The monoisotopic (exact) mass is 268 g/mol. The van der Waals surface area contributed by atoms with E-state index in [0.717, 1.165) is 29.3 Å². The van der Waals surface area contributed by atoms with Gasteiger partial charge in [0.25, 0.3) is 0 Å². The Morgan fingerprint density at radius 3 is 1.65 bits per heavy atom. The maximum Gasteiger partial charge on any atom is 0.203 e. The molecule has 1 aliphatic carbocycles. The third-order valence-electron chi connectivity index (χ3n) is 3.04. The lowest BCUT2D eigenvalue weighted by molar-refractivity contribution is 0.667. The first kappa shape index (κ1) is 10.8. The standard InChI is InChI=1S/C9H12N6S2/c10-8-14-12-6(16-8)4-1-2-5(3-4)7-13-15-9(11)17-7/h4-5H,1-3H2,(H2,10,14)(H2,11,15)/t4-,5-/m0/s1. The highest BCUT2D eigenvalue weighted by molar-refractivity contribution is 7.15. The summed E-state index contributed by atoms with van der Waals surface area (Å²) in [7, 11) is 0. The first-order chi connectivity index (χ1) is 8.22. The molecule has 0 radical (unpaired) electrons. The molecule has 0 unspecified atom stereocenters. The van der Waals surface area contributed by atoms with Crippen molar-refractivity contribution in [1.29, 1.82) is 0 Å². The maximum atomic E-state index is 5.60. The van der Waals surface area contributed by atoms with E-state index in [2.05, 4.69) is 20.4 Å². The van der Waals surface area contributed by atoms with Crippen LogP contribution in [0.4, 0.5) is 10.3 Å². The Balaban J connectivity index is 1.73. The summed E-state index contributed by atoms with van der Waals surface area (Å²) in [5, 5.41) is 19.1. The van der Waals surface area contributed by atoms with Crippen molar-refractivity contribution in [2.45, 2.75) is 31.1 Å². The minimum atomic E-state index is 0.458. The van der Waals surface area contributed by atoms with Crippen LogP contribution in [0.5, 0.6) is 0 Å². The van der Waals surface area contributed by atoms with Gasteiger partial charge in [-0.1, -0.05) is 22.7 Å². The van der Waals surface area contributed by atoms with Crippen LogP contribution in [-0.4, -0.2) is 20.4 Å². The van der Waals surface area contributed by atoms with E-state index in [1.54, 1.807) is 0 Å². The molecule has 90 valence electrons. The van der Waals surface area contributed by atoms with Crippen LogP contribution in [0.15, 0.2) is 0 Å². The molecule has 0 amide bonds. The summed E-state index contributed by atoms with van der Waals surface area (Å²) in [6, 6.07) is 0. The topological polar surface area (TPSA) is 104 Å². The Labute approximate surface area is 106 Å². The molecule has 4 N–H and O–H groups in total. The summed E-state index contributed by atoms with van der Waals surface area (Å²) in [5.74, 6) is 0.917. The van der Waals surface area contributed by atoms with Crippen LogP contribution in [0.25, 0.3) is 0 Å². The highest BCUT2D eigenvalue weighted by Gasteiger charge is 2.31. The van der Waals surface area contributed by atoms with Crippen molar-refractivity contribution in [3.05, 3.63) is 10.0 Å². The zero-order chi connectivity index (χ0) is 11.8. The second-order valence-electron chi connectivity index (χ2n) is 4.16. The van der Waals surface area contributed by atoms with Crippen LogP contribution in [0.3, 0.4) is 0 Å². The Kier molecular flexibility index (Phi) is 2.67. The third-order valence-corrected chi connectivity index (χ3v) is 4.87. The zero-order valence-electron chi connectivity index (χ0n) is 9.04. The highest BCUT2D eigenvalue weighted by atomic mass is 32.1. The molecule has 2 atom stereocenters. The molecule has 1 fully saturated rings. The number of hydrogen-bond acceptors (Lipinski definition) is 8. The molecule has 0 spiro atoms. The van der Waals surface area contributed by atoms with E-state index in [-0.39, 0.29) is 0 Å². The largest absolute Gasteiger partial charge is 0.374 e. The van der Waals surface area contributed by atoms with E-state index in [0.29, 0.717) is 22.1 Å². The number of nitrogens with zero attached hydrogens (tertiary/aromatic N) is 4. The number of aromatic nitrogens is 4. The Bertz CT molecular complexity index is 475. The van der Waals surface area contributed by atoms with Crippen LogP contribution in [0, 0.1) is 0 Å². The minimum Gasteiger partial charge on any atom is -0.374 e. The quantitative estimate of drug-likeness (QED) is 0.857. The molecular weight excluding hydrogens is 256 g/mol. The van der Waals surface area contributed by atoms with Crippen molar-refractivity contribution >= 4 is 32.9 Å². The lowest BCUT2D eigenvalue weighted by Gasteiger charge is -2.04. The number of hydrogen-bond donors (Lipinski definition) is 2. The van der Waals surface area contributed by atoms with Crippen LogP contribution in [0.1, 0.15) is 41.1 Å². The predicted molar refractivity (Wildman–Crippen MR) is 68.0 cm³/mol. The fourth-order valence-electron chi connectivity index (χ4n) is 2.25. The summed E-state index contributed by atoms with van der Waals surface area (Å²) in [4.78, 5) is 0. The normalized spacial score (nSPS) is 24.2. The first-order valence-corrected chi connectivity index (χ1v) is 7.03. The molecule has 3 rings (SSSR count). The Morgan fingerprint density at radius 2 is 1.29 bits per heavy atom. The molecule has 2 aromatic heterocycles. The number of anilines is 2. The smallest absolute Gasteiger partial charge is 0.203 e. The maximum absolute atomic E-state index is 5.60. The Morgan fingerprint density at radius 1 is 0.824 bits per heavy atom. The van der Waals surface area contributed by atoms with E-state index in [1.807, 2.05) is 0 Å². The van der Waals surface area contributed by atoms with Gasteiger partial charge in [-0.3, -0.25) is 0 Å². The lowest BCUT2D eigenvalue weighted by Crippen LogP contribution is -1.95. The van der Waals surface area contributed by atoms with E-state index in [9.17, 15) is 0 Å². The SMILES string of the molecule is Nc1nnc([C@H]2CC[C@H](c3nnc(N)s3)C2)s1. The summed E-state index contributed by atoms with van der Waals surface area (Å²) in [5.41, 5.74) is 11.2. The van der Waals surface area contributed by atoms with Gasteiger partial charge in [0, 0.05) is 11.8 Å². The van der Waals surface area contributed by atoms with Crippen molar-refractivity contribution in [3.63, 3.8) is 0 Å². The van der Waals surface area contributed by atoms with Gasteiger partial charge in [-0.15, -0.1) is 20.4 Å². The molecule has 1 aliphatic rings. The third kappa shape index (κ3) is 2.09. The summed E-state index contributed by atoms with van der Waals surface area (Å²) >= 11 is 2.97. The van der Waals surface area contributed by atoms with E-state index < -0.39 is 0 Å². The van der Waals surface area contributed by atoms with Gasteiger partial charge < -0.3 is 11.5 Å². The average Bonchev–Trinajstić information content (AvgIpc) is 2.96. The molecular formula is C9H12N6S2. The van der Waals surface area contributed by atoms with Gasteiger partial charge in [0.1, 0.15) is 10.0 Å². The fourth-order valence-corrected chi connectivity index (χ4v) is 3.77. The van der Waals surface area contributed by atoms with Gasteiger partial charge >= 0.3 is 0 Å². The molecule has 2 heterocycles. The number of nitrogen functional groups attached to an aromatic ring is 2. The summed E-state index contributed by atoms with van der Waals surface area (Å²) in [6.45, 7) is 0. The molecule has 0 saturated heterocycles. The van der Waals surface area contributed by atoms with E-state index in [4.69, 9.17) is 11.5 Å². The summed E-state index contributed by atoms with van der Waals surface area (Å²) < 4.78 is 0. The van der Waals surface area contributed by atoms with Crippen molar-refractivity contribution in [2.75, 3.05) is 11.5 Å². The molecule has 0 bridgehead atoms.